The van der Waals surface area contributed by atoms with Gasteiger partial charge in [-0.2, -0.15) is 13.2 Å². The van der Waals surface area contributed by atoms with Crippen LogP contribution in [0.3, 0.4) is 0 Å². The van der Waals surface area contributed by atoms with E-state index >= 15 is 0 Å². The van der Waals surface area contributed by atoms with Crippen LogP contribution >= 0.6 is 0 Å². The summed E-state index contributed by atoms with van der Waals surface area (Å²) in [6.45, 7) is 0. The van der Waals surface area contributed by atoms with Gasteiger partial charge in [0.25, 0.3) is 0 Å². The second-order valence-corrected chi connectivity index (χ2v) is 3.62. The van der Waals surface area contributed by atoms with Crippen molar-refractivity contribution in [2.45, 2.75) is 6.18 Å². The van der Waals surface area contributed by atoms with Gasteiger partial charge in [0.2, 0.25) is 0 Å². The van der Waals surface area contributed by atoms with Crippen molar-refractivity contribution in [1.29, 1.82) is 0 Å². The first-order chi connectivity index (χ1) is 8.52. The first-order valence-corrected chi connectivity index (χ1v) is 5.11. The highest BCUT2D eigenvalue weighted by atomic mass is 19.4. The van der Waals surface area contributed by atoms with E-state index in [2.05, 4.69) is 10.9 Å². The summed E-state index contributed by atoms with van der Waals surface area (Å²) in [7, 11) is 0. The molecule has 2 aromatic rings. The lowest BCUT2D eigenvalue weighted by molar-refractivity contribution is -0.141. The molecule has 0 bridgehead atoms. The third-order valence-electron chi connectivity index (χ3n) is 2.45. The van der Waals surface area contributed by atoms with Crippen LogP contribution in [0.2, 0.25) is 0 Å². The van der Waals surface area contributed by atoms with Gasteiger partial charge in [-0.25, -0.2) is 0 Å². The van der Waals surface area contributed by atoms with Gasteiger partial charge in [0.15, 0.2) is 0 Å². The van der Waals surface area contributed by atoms with Crippen LogP contribution in [0.4, 0.5) is 13.2 Å². The lowest BCUT2D eigenvalue weighted by Gasteiger charge is -2.07. The summed E-state index contributed by atoms with van der Waals surface area (Å²) in [5.74, 6) is 2.49. The number of aromatic nitrogens is 1. The van der Waals surface area contributed by atoms with E-state index in [1.165, 1.54) is 12.3 Å². The van der Waals surface area contributed by atoms with Gasteiger partial charge in [0.1, 0.15) is 5.69 Å². The fourth-order valence-corrected chi connectivity index (χ4v) is 1.58. The number of hydrogen-bond donors (Lipinski definition) is 0. The van der Waals surface area contributed by atoms with Crippen LogP contribution in [-0.4, -0.2) is 4.98 Å². The summed E-state index contributed by atoms with van der Waals surface area (Å²) < 4.78 is 37.1. The second-order valence-electron chi connectivity index (χ2n) is 3.62. The number of alkyl halides is 3. The van der Waals surface area contributed by atoms with Crippen molar-refractivity contribution in [2.24, 2.45) is 0 Å². The molecule has 0 saturated carbocycles. The highest BCUT2D eigenvalue weighted by Crippen LogP contribution is 2.29. The molecule has 0 aliphatic rings. The van der Waals surface area contributed by atoms with Crippen molar-refractivity contribution < 1.29 is 13.2 Å². The number of terminal acetylenes is 1. The van der Waals surface area contributed by atoms with Crippen LogP contribution in [0.1, 0.15) is 11.3 Å². The predicted octanol–water partition coefficient (Wildman–Crippen LogP) is 3.75. The van der Waals surface area contributed by atoms with Gasteiger partial charge < -0.3 is 0 Å². The molecular formula is C14H8F3N. The molecule has 0 saturated heterocycles. The standard InChI is InChI=1S/C14H8F3N/c1-2-10-5-3-4-6-12(10)11-7-8-13(18-9-11)14(15,16)17/h1,3-9H. The fraction of sp³-hybridized carbons (Fsp3) is 0.0714. The van der Waals surface area contributed by atoms with Crippen LogP contribution < -0.4 is 0 Å². The van der Waals surface area contributed by atoms with Crippen molar-refractivity contribution in [2.75, 3.05) is 0 Å². The van der Waals surface area contributed by atoms with E-state index in [1.54, 1.807) is 24.3 Å². The zero-order chi connectivity index (χ0) is 13.2. The SMILES string of the molecule is C#Cc1ccccc1-c1ccc(C(F)(F)F)nc1. The highest BCUT2D eigenvalue weighted by molar-refractivity contribution is 5.70. The monoisotopic (exact) mass is 247 g/mol. The summed E-state index contributed by atoms with van der Waals surface area (Å²) in [5.41, 5.74) is 0.973. The van der Waals surface area contributed by atoms with Crippen molar-refractivity contribution in [3.63, 3.8) is 0 Å². The molecule has 0 fully saturated rings. The van der Waals surface area contributed by atoms with Crippen LogP contribution in [0.5, 0.6) is 0 Å². The maximum absolute atomic E-state index is 12.4. The zero-order valence-corrected chi connectivity index (χ0v) is 9.20. The van der Waals surface area contributed by atoms with Crippen LogP contribution in [-0.2, 0) is 6.18 Å². The van der Waals surface area contributed by atoms with E-state index in [9.17, 15) is 13.2 Å². The van der Waals surface area contributed by atoms with Gasteiger partial charge in [0.05, 0.1) is 0 Å². The van der Waals surface area contributed by atoms with E-state index < -0.39 is 11.9 Å². The van der Waals surface area contributed by atoms with Gasteiger partial charge >= 0.3 is 6.18 Å². The van der Waals surface area contributed by atoms with Crippen molar-refractivity contribution in [3.05, 3.63) is 53.9 Å². The summed E-state index contributed by atoms with van der Waals surface area (Å²) in [5, 5.41) is 0. The Labute approximate surface area is 102 Å². The van der Waals surface area contributed by atoms with Gasteiger partial charge in [-0.15, -0.1) is 6.42 Å². The van der Waals surface area contributed by atoms with Crippen LogP contribution in [0, 0.1) is 12.3 Å². The molecule has 4 heteroatoms. The molecule has 0 amide bonds. The van der Waals surface area contributed by atoms with Crippen molar-refractivity contribution in [3.8, 4) is 23.5 Å². The maximum Gasteiger partial charge on any atom is 0.433 e. The quantitative estimate of drug-likeness (QED) is 0.699. The molecule has 2 rings (SSSR count). The second kappa shape index (κ2) is 4.53. The molecule has 18 heavy (non-hydrogen) atoms. The molecule has 0 unspecified atom stereocenters. The van der Waals surface area contributed by atoms with Gasteiger partial charge in [0, 0.05) is 17.3 Å². The Hall–Kier alpha value is -2.28. The predicted molar refractivity (Wildman–Crippen MR) is 62.6 cm³/mol. The molecule has 0 N–H and O–H groups in total. The Morgan fingerprint density at radius 3 is 2.33 bits per heavy atom. The minimum atomic E-state index is -4.43. The van der Waals surface area contributed by atoms with E-state index in [0.717, 1.165) is 6.07 Å². The van der Waals surface area contributed by atoms with Gasteiger partial charge in [-0.3, -0.25) is 4.98 Å². The van der Waals surface area contributed by atoms with E-state index in [4.69, 9.17) is 6.42 Å². The normalized spacial score (nSPS) is 11.0. The summed E-state index contributed by atoms with van der Waals surface area (Å²) in [6.07, 6.45) is 2.09. The topological polar surface area (TPSA) is 12.9 Å². The molecule has 0 aliphatic heterocycles. The Bertz CT molecular complexity index is 592. The lowest BCUT2D eigenvalue weighted by atomic mass is 10.0. The lowest BCUT2D eigenvalue weighted by Crippen LogP contribution is -2.07. The maximum atomic E-state index is 12.4. The van der Waals surface area contributed by atoms with Crippen LogP contribution in [0.25, 0.3) is 11.1 Å². The van der Waals surface area contributed by atoms with Gasteiger partial charge in [-0.05, 0) is 17.7 Å². The average molecular weight is 247 g/mol. The Morgan fingerprint density at radius 1 is 1.06 bits per heavy atom. The fourth-order valence-electron chi connectivity index (χ4n) is 1.58. The molecule has 0 atom stereocenters. The van der Waals surface area contributed by atoms with E-state index in [-0.39, 0.29) is 0 Å². The average Bonchev–Trinajstić information content (AvgIpc) is 2.38. The molecular weight excluding hydrogens is 239 g/mol. The third-order valence-corrected chi connectivity index (χ3v) is 2.45. The zero-order valence-electron chi connectivity index (χ0n) is 9.20. The third kappa shape index (κ3) is 2.35. The molecule has 0 aliphatic carbocycles. The van der Waals surface area contributed by atoms with Crippen molar-refractivity contribution >= 4 is 0 Å². The van der Waals surface area contributed by atoms with E-state index in [1.807, 2.05) is 0 Å². The number of hydrogen-bond acceptors (Lipinski definition) is 1. The Balaban J connectivity index is 2.45. The summed E-state index contributed by atoms with van der Waals surface area (Å²) in [4.78, 5) is 3.41. The molecule has 0 spiro atoms. The number of rotatable bonds is 1. The molecule has 1 aromatic carbocycles. The van der Waals surface area contributed by atoms with Crippen LogP contribution in [0.15, 0.2) is 42.6 Å². The smallest absolute Gasteiger partial charge is 0.251 e. The van der Waals surface area contributed by atoms with E-state index in [0.29, 0.717) is 16.7 Å². The summed E-state index contributed by atoms with van der Waals surface area (Å²) in [6, 6.07) is 9.34. The largest absolute Gasteiger partial charge is 0.433 e. The number of nitrogens with zero attached hydrogens (tertiary/aromatic N) is 1. The number of benzene rings is 1. The Morgan fingerprint density at radius 2 is 1.78 bits per heavy atom. The first kappa shape index (κ1) is 12.2. The first-order valence-electron chi connectivity index (χ1n) is 5.11. The molecule has 1 heterocycles. The van der Waals surface area contributed by atoms with Gasteiger partial charge in [-0.1, -0.05) is 30.2 Å². The van der Waals surface area contributed by atoms with Crippen molar-refractivity contribution in [1.82, 2.24) is 4.98 Å². The minimum absolute atomic E-state index is 0.566. The molecule has 0 radical (unpaired) electrons. The summed E-state index contributed by atoms with van der Waals surface area (Å²) >= 11 is 0. The molecule has 1 aromatic heterocycles. The molecule has 90 valence electrons. The highest BCUT2D eigenvalue weighted by Gasteiger charge is 2.32. The minimum Gasteiger partial charge on any atom is -0.251 e. The number of pyridine rings is 1. The Kier molecular flexibility index (Phi) is 3.07. The number of halogens is 3. The molecule has 1 nitrogen and oxygen atoms in total.